The predicted molar refractivity (Wildman–Crippen MR) is 46.2 cm³/mol. The van der Waals surface area contributed by atoms with Crippen LogP contribution in [0, 0.1) is 6.92 Å². The Labute approximate surface area is 80.7 Å². The summed E-state index contributed by atoms with van der Waals surface area (Å²) in [6.45, 7) is 1.41. The van der Waals surface area contributed by atoms with E-state index in [0.29, 0.717) is 0 Å². The molecule has 0 radical (unpaired) electrons. The molecular formula is C7H9NO5S. The molecular weight excluding hydrogens is 210 g/mol. The minimum absolute atomic E-state index is 0.152. The first-order valence-electron chi connectivity index (χ1n) is 3.57. The molecule has 14 heavy (non-hydrogen) atoms. The Balaban J connectivity index is 3.29. The number of primary sulfonamides is 1. The summed E-state index contributed by atoms with van der Waals surface area (Å²) in [5.74, 6) is -0.895. The first kappa shape index (κ1) is 10.7. The Morgan fingerprint density at radius 3 is 2.50 bits per heavy atom. The van der Waals surface area contributed by atoms with Gasteiger partial charge >= 0.3 is 5.97 Å². The number of methoxy groups -OCH3 is 1. The van der Waals surface area contributed by atoms with Crippen molar-refractivity contribution in [2.45, 2.75) is 11.8 Å². The molecule has 0 bridgehead atoms. The minimum atomic E-state index is -3.86. The predicted octanol–water partition coefficient (Wildman–Crippen LogP) is 0.0220. The molecule has 78 valence electrons. The zero-order chi connectivity index (χ0) is 10.9. The highest BCUT2D eigenvalue weighted by Gasteiger charge is 2.22. The molecule has 0 unspecified atom stereocenters. The molecule has 0 aliphatic carbocycles. The fourth-order valence-corrected chi connectivity index (χ4v) is 1.68. The van der Waals surface area contributed by atoms with E-state index in [2.05, 4.69) is 4.74 Å². The maximum Gasteiger partial charge on any atom is 0.374 e. The van der Waals surface area contributed by atoms with Crippen molar-refractivity contribution in [3.63, 3.8) is 0 Å². The summed E-state index contributed by atoms with van der Waals surface area (Å²) in [5.41, 5.74) is 0.152. The minimum Gasteiger partial charge on any atom is -0.463 e. The first-order valence-corrected chi connectivity index (χ1v) is 5.11. The van der Waals surface area contributed by atoms with Crippen molar-refractivity contribution in [3.8, 4) is 0 Å². The largest absolute Gasteiger partial charge is 0.463 e. The smallest absolute Gasteiger partial charge is 0.374 e. The second-order valence-corrected chi connectivity index (χ2v) is 4.12. The standard InChI is InChI=1S/C7H9NO5S/c1-4-5(14(8,10)11)3-13-6(4)7(9)12-2/h3H,1-2H3,(H2,8,10,11). The highest BCUT2D eigenvalue weighted by Crippen LogP contribution is 2.20. The molecule has 1 aromatic heterocycles. The van der Waals surface area contributed by atoms with E-state index in [0.717, 1.165) is 6.26 Å². The number of carbonyl (C=O) groups is 1. The van der Waals surface area contributed by atoms with Crippen LogP contribution in [-0.4, -0.2) is 21.5 Å². The van der Waals surface area contributed by atoms with Gasteiger partial charge in [0.05, 0.1) is 7.11 Å². The van der Waals surface area contributed by atoms with E-state index in [1.54, 1.807) is 0 Å². The van der Waals surface area contributed by atoms with Crippen LogP contribution in [0.5, 0.6) is 0 Å². The Bertz CT molecular complexity index is 458. The number of esters is 1. The molecule has 1 heterocycles. The van der Waals surface area contributed by atoms with Crippen LogP contribution in [0.15, 0.2) is 15.6 Å². The van der Waals surface area contributed by atoms with E-state index in [4.69, 9.17) is 9.56 Å². The summed E-state index contributed by atoms with van der Waals surface area (Å²) in [5, 5.41) is 4.87. The van der Waals surface area contributed by atoms with Crippen LogP contribution in [0.25, 0.3) is 0 Å². The van der Waals surface area contributed by atoms with Crippen molar-refractivity contribution < 1.29 is 22.4 Å². The third kappa shape index (κ3) is 1.78. The average Bonchev–Trinajstić information content (AvgIpc) is 2.45. The molecule has 7 heteroatoms. The lowest BCUT2D eigenvalue weighted by atomic mass is 10.3. The van der Waals surface area contributed by atoms with Gasteiger partial charge in [-0.2, -0.15) is 0 Å². The van der Waals surface area contributed by atoms with Crippen molar-refractivity contribution in [3.05, 3.63) is 17.6 Å². The van der Waals surface area contributed by atoms with Gasteiger partial charge in [-0.05, 0) is 6.92 Å². The van der Waals surface area contributed by atoms with Gasteiger partial charge in [0, 0.05) is 5.56 Å². The van der Waals surface area contributed by atoms with Gasteiger partial charge in [-0.3, -0.25) is 0 Å². The van der Waals surface area contributed by atoms with Gasteiger partial charge in [-0.25, -0.2) is 18.4 Å². The Morgan fingerprint density at radius 1 is 1.57 bits per heavy atom. The lowest BCUT2D eigenvalue weighted by Gasteiger charge is -1.96. The first-order chi connectivity index (χ1) is 6.38. The van der Waals surface area contributed by atoms with Crippen molar-refractivity contribution in [2.24, 2.45) is 5.14 Å². The summed E-state index contributed by atoms with van der Waals surface area (Å²) in [6.07, 6.45) is 0.914. The summed E-state index contributed by atoms with van der Waals surface area (Å²) in [7, 11) is -2.69. The van der Waals surface area contributed by atoms with E-state index < -0.39 is 16.0 Å². The topological polar surface area (TPSA) is 99.6 Å². The normalized spacial score (nSPS) is 11.4. The maximum absolute atomic E-state index is 11.0. The zero-order valence-electron chi connectivity index (χ0n) is 7.60. The quantitative estimate of drug-likeness (QED) is 0.707. The van der Waals surface area contributed by atoms with Gasteiger partial charge in [-0.1, -0.05) is 0 Å². The third-order valence-electron chi connectivity index (χ3n) is 1.67. The molecule has 1 rings (SSSR count). The highest BCUT2D eigenvalue weighted by atomic mass is 32.2. The summed E-state index contributed by atoms with van der Waals surface area (Å²) >= 11 is 0. The van der Waals surface area contributed by atoms with E-state index in [-0.39, 0.29) is 16.2 Å². The second-order valence-electron chi connectivity index (χ2n) is 2.59. The van der Waals surface area contributed by atoms with Gasteiger partial charge in [0.15, 0.2) is 0 Å². The van der Waals surface area contributed by atoms with Gasteiger partial charge in [-0.15, -0.1) is 0 Å². The molecule has 0 atom stereocenters. The van der Waals surface area contributed by atoms with E-state index >= 15 is 0 Å². The third-order valence-corrected chi connectivity index (χ3v) is 2.69. The molecule has 0 aromatic carbocycles. The number of hydrogen-bond donors (Lipinski definition) is 1. The van der Waals surface area contributed by atoms with Crippen LogP contribution in [-0.2, 0) is 14.8 Å². The number of furan rings is 1. The van der Waals surface area contributed by atoms with Crippen molar-refractivity contribution in [1.82, 2.24) is 0 Å². The van der Waals surface area contributed by atoms with Crippen molar-refractivity contribution in [2.75, 3.05) is 7.11 Å². The fourth-order valence-electron chi connectivity index (χ4n) is 0.975. The fraction of sp³-hybridized carbons (Fsp3) is 0.286. The number of hydrogen-bond acceptors (Lipinski definition) is 5. The lowest BCUT2D eigenvalue weighted by molar-refractivity contribution is 0.0564. The molecule has 0 saturated heterocycles. The number of carbonyl (C=O) groups excluding carboxylic acids is 1. The molecule has 0 fully saturated rings. The van der Waals surface area contributed by atoms with E-state index in [1.165, 1.54) is 14.0 Å². The molecule has 0 aliphatic rings. The molecule has 6 nitrogen and oxygen atoms in total. The van der Waals surface area contributed by atoms with Crippen LogP contribution in [0.3, 0.4) is 0 Å². The van der Waals surface area contributed by atoms with Crippen LogP contribution in [0.4, 0.5) is 0 Å². The van der Waals surface area contributed by atoms with Crippen LogP contribution < -0.4 is 5.14 Å². The van der Waals surface area contributed by atoms with Crippen LogP contribution in [0.1, 0.15) is 16.1 Å². The van der Waals surface area contributed by atoms with Gasteiger partial charge < -0.3 is 9.15 Å². The highest BCUT2D eigenvalue weighted by molar-refractivity contribution is 7.89. The van der Waals surface area contributed by atoms with Gasteiger partial charge in [0.1, 0.15) is 11.2 Å². The number of ether oxygens (including phenoxy) is 1. The van der Waals surface area contributed by atoms with Gasteiger partial charge in [0.2, 0.25) is 15.8 Å². The number of nitrogens with two attached hydrogens (primary N) is 1. The molecule has 0 aliphatic heterocycles. The summed E-state index contributed by atoms with van der Waals surface area (Å²) in [4.78, 5) is 10.8. The summed E-state index contributed by atoms with van der Waals surface area (Å²) < 4.78 is 31.0. The summed E-state index contributed by atoms with van der Waals surface area (Å²) in [6, 6.07) is 0. The molecule has 1 aromatic rings. The molecule has 0 amide bonds. The second kappa shape index (κ2) is 3.43. The van der Waals surface area contributed by atoms with E-state index in [1.807, 2.05) is 0 Å². The van der Waals surface area contributed by atoms with E-state index in [9.17, 15) is 13.2 Å². The van der Waals surface area contributed by atoms with Crippen LogP contribution >= 0.6 is 0 Å². The zero-order valence-corrected chi connectivity index (χ0v) is 8.42. The average molecular weight is 219 g/mol. The molecule has 0 spiro atoms. The Hall–Kier alpha value is -1.34. The SMILES string of the molecule is COC(=O)c1occ(S(N)(=O)=O)c1C. The van der Waals surface area contributed by atoms with Crippen molar-refractivity contribution in [1.29, 1.82) is 0 Å². The maximum atomic E-state index is 11.0. The van der Waals surface area contributed by atoms with Crippen LogP contribution in [0.2, 0.25) is 0 Å². The Morgan fingerprint density at radius 2 is 2.14 bits per heavy atom. The molecule has 0 saturated carbocycles. The van der Waals surface area contributed by atoms with Gasteiger partial charge in [0.25, 0.3) is 0 Å². The lowest BCUT2D eigenvalue weighted by Crippen LogP contribution is -2.13. The number of sulfonamides is 1. The van der Waals surface area contributed by atoms with Crippen molar-refractivity contribution >= 4 is 16.0 Å². The Kier molecular flexibility index (Phi) is 2.63. The number of rotatable bonds is 2. The monoisotopic (exact) mass is 219 g/mol. The molecule has 2 N–H and O–H groups in total.